The second-order valence-electron chi connectivity index (χ2n) is 7.30. The van der Waals surface area contributed by atoms with Crippen LogP contribution in [-0.4, -0.2) is 12.5 Å². The van der Waals surface area contributed by atoms with Gasteiger partial charge in [0.15, 0.2) is 6.61 Å². The van der Waals surface area contributed by atoms with Crippen molar-refractivity contribution in [2.75, 3.05) is 11.9 Å². The summed E-state index contributed by atoms with van der Waals surface area (Å²) >= 11 is 0. The van der Waals surface area contributed by atoms with E-state index in [4.69, 9.17) is 13.9 Å². The Kier molecular flexibility index (Phi) is 6.22. The van der Waals surface area contributed by atoms with Gasteiger partial charge in [-0.2, -0.15) is 0 Å². The van der Waals surface area contributed by atoms with Crippen molar-refractivity contribution in [3.63, 3.8) is 0 Å². The van der Waals surface area contributed by atoms with Crippen molar-refractivity contribution in [3.8, 4) is 17.2 Å². The average Bonchev–Trinajstić information content (AvgIpc) is 2.81. The molecule has 0 bridgehead atoms. The third-order valence-corrected chi connectivity index (χ3v) is 5.08. The summed E-state index contributed by atoms with van der Waals surface area (Å²) in [6.07, 6.45) is 2.08. The summed E-state index contributed by atoms with van der Waals surface area (Å²) in [5.41, 5.74) is 2.78. The van der Waals surface area contributed by atoms with Crippen LogP contribution in [0.4, 0.5) is 5.69 Å². The molecule has 0 spiro atoms. The Morgan fingerprint density at radius 1 is 1.00 bits per heavy atom. The Balaban J connectivity index is 1.48. The Morgan fingerprint density at radius 3 is 2.59 bits per heavy atom. The third kappa shape index (κ3) is 4.64. The molecule has 1 N–H and O–H groups in total. The number of para-hydroxylation sites is 2. The van der Waals surface area contributed by atoms with Gasteiger partial charge in [0, 0.05) is 11.8 Å². The van der Waals surface area contributed by atoms with E-state index in [0.29, 0.717) is 22.5 Å². The van der Waals surface area contributed by atoms with Gasteiger partial charge in [0.1, 0.15) is 23.3 Å². The molecule has 3 aromatic carbocycles. The minimum atomic E-state index is -0.279. The van der Waals surface area contributed by atoms with Crippen LogP contribution in [0.25, 0.3) is 11.0 Å². The van der Waals surface area contributed by atoms with Crippen molar-refractivity contribution in [1.82, 2.24) is 0 Å². The van der Waals surface area contributed by atoms with E-state index in [-0.39, 0.29) is 23.7 Å². The zero-order chi connectivity index (χ0) is 22.5. The summed E-state index contributed by atoms with van der Waals surface area (Å²) in [5.74, 6) is 0.885. The molecule has 0 aliphatic heterocycles. The quantitative estimate of drug-likeness (QED) is 0.421. The van der Waals surface area contributed by atoms with Gasteiger partial charge in [-0.15, -0.1) is 0 Å². The number of benzene rings is 3. The number of rotatable bonds is 7. The van der Waals surface area contributed by atoms with Gasteiger partial charge in [-0.05, 0) is 48.7 Å². The second-order valence-corrected chi connectivity index (χ2v) is 7.30. The van der Waals surface area contributed by atoms with Gasteiger partial charge >= 0.3 is 0 Å². The SMILES string of the molecule is CCc1ccccc1Oc1coc2cc(OCC(=O)Nc3ccccc3C)ccc2c1=O. The van der Waals surface area contributed by atoms with Crippen LogP contribution in [0.3, 0.4) is 0 Å². The minimum Gasteiger partial charge on any atom is -0.484 e. The molecule has 0 atom stereocenters. The lowest BCUT2D eigenvalue weighted by Crippen LogP contribution is -2.20. The normalized spacial score (nSPS) is 10.7. The van der Waals surface area contributed by atoms with Gasteiger partial charge in [0.05, 0.1) is 5.39 Å². The van der Waals surface area contributed by atoms with Gasteiger partial charge in [-0.3, -0.25) is 9.59 Å². The molecular formula is C26H23NO5. The van der Waals surface area contributed by atoms with Crippen molar-refractivity contribution >= 4 is 22.6 Å². The van der Waals surface area contributed by atoms with Crippen LogP contribution in [0, 0.1) is 6.92 Å². The molecule has 6 heteroatoms. The van der Waals surface area contributed by atoms with Crippen molar-refractivity contribution in [3.05, 3.63) is 94.3 Å². The van der Waals surface area contributed by atoms with E-state index in [9.17, 15) is 9.59 Å². The number of aryl methyl sites for hydroxylation is 2. The fraction of sp³-hybridized carbons (Fsp3) is 0.154. The molecule has 4 rings (SSSR count). The monoisotopic (exact) mass is 429 g/mol. The number of nitrogens with one attached hydrogen (secondary N) is 1. The lowest BCUT2D eigenvalue weighted by molar-refractivity contribution is -0.118. The van der Waals surface area contributed by atoms with Gasteiger partial charge in [-0.1, -0.05) is 43.3 Å². The Bertz CT molecular complexity index is 1330. The van der Waals surface area contributed by atoms with E-state index in [1.807, 2.05) is 62.4 Å². The van der Waals surface area contributed by atoms with E-state index in [1.165, 1.54) is 6.26 Å². The van der Waals surface area contributed by atoms with E-state index < -0.39 is 0 Å². The lowest BCUT2D eigenvalue weighted by atomic mass is 10.1. The Hall–Kier alpha value is -4.06. The summed E-state index contributed by atoms with van der Waals surface area (Å²) in [4.78, 5) is 25.1. The lowest BCUT2D eigenvalue weighted by Gasteiger charge is -2.11. The molecule has 0 radical (unpaired) electrons. The van der Waals surface area contributed by atoms with E-state index in [1.54, 1.807) is 18.2 Å². The molecule has 1 heterocycles. The van der Waals surface area contributed by atoms with E-state index in [0.717, 1.165) is 23.2 Å². The summed E-state index contributed by atoms with van der Waals surface area (Å²) in [5, 5.41) is 3.18. The highest BCUT2D eigenvalue weighted by Crippen LogP contribution is 2.26. The molecule has 0 aliphatic carbocycles. The molecule has 0 aliphatic rings. The van der Waals surface area contributed by atoms with Crippen molar-refractivity contribution in [1.29, 1.82) is 0 Å². The number of hydrogen-bond donors (Lipinski definition) is 1. The zero-order valence-electron chi connectivity index (χ0n) is 17.9. The van der Waals surface area contributed by atoms with Gasteiger partial charge in [-0.25, -0.2) is 0 Å². The predicted octanol–water partition coefficient (Wildman–Crippen LogP) is 5.47. The zero-order valence-corrected chi connectivity index (χ0v) is 17.9. The number of anilines is 1. The fourth-order valence-corrected chi connectivity index (χ4v) is 3.31. The van der Waals surface area contributed by atoms with Gasteiger partial charge in [0.2, 0.25) is 11.2 Å². The largest absolute Gasteiger partial charge is 0.484 e. The topological polar surface area (TPSA) is 77.8 Å². The standard InChI is InChI=1S/C26H23NO5/c1-3-18-9-5-7-11-22(18)32-24-15-31-23-14-19(12-13-20(23)26(24)29)30-16-25(28)27-21-10-6-4-8-17(21)2/h4-15H,3,16H2,1-2H3,(H,27,28). The number of ether oxygens (including phenoxy) is 2. The number of carbonyl (C=O) groups is 1. The van der Waals surface area contributed by atoms with Crippen molar-refractivity contribution in [2.45, 2.75) is 20.3 Å². The molecule has 1 amide bonds. The van der Waals surface area contributed by atoms with E-state index in [2.05, 4.69) is 5.32 Å². The molecule has 0 saturated carbocycles. The first kappa shape index (κ1) is 21.2. The van der Waals surface area contributed by atoms with Crippen LogP contribution >= 0.6 is 0 Å². The fourth-order valence-electron chi connectivity index (χ4n) is 3.31. The molecular weight excluding hydrogens is 406 g/mol. The predicted molar refractivity (Wildman–Crippen MR) is 124 cm³/mol. The van der Waals surface area contributed by atoms with Crippen LogP contribution in [0.15, 0.2) is 82.2 Å². The number of carbonyl (C=O) groups excluding carboxylic acids is 1. The van der Waals surface area contributed by atoms with Gasteiger partial charge < -0.3 is 19.2 Å². The minimum absolute atomic E-state index is 0.115. The second kappa shape index (κ2) is 9.39. The molecule has 6 nitrogen and oxygen atoms in total. The summed E-state index contributed by atoms with van der Waals surface area (Å²) in [6, 6.07) is 19.9. The van der Waals surface area contributed by atoms with Crippen LogP contribution in [0.1, 0.15) is 18.1 Å². The Morgan fingerprint density at radius 2 is 1.78 bits per heavy atom. The Labute approximate surface area is 185 Å². The van der Waals surface area contributed by atoms with Crippen molar-refractivity contribution in [2.24, 2.45) is 0 Å². The summed E-state index contributed by atoms with van der Waals surface area (Å²) in [7, 11) is 0. The molecule has 4 aromatic rings. The number of amides is 1. The molecule has 162 valence electrons. The first-order chi connectivity index (χ1) is 15.5. The first-order valence-electron chi connectivity index (χ1n) is 10.3. The highest BCUT2D eigenvalue weighted by Gasteiger charge is 2.12. The van der Waals surface area contributed by atoms with Crippen LogP contribution in [0.5, 0.6) is 17.2 Å². The average molecular weight is 429 g/mol. The van der Waals surface area contributed by atoms with Crippen LogP contribution in [0.2, 0.25) is 0 Å². The molecule has 0 saturated heterocycles. The summed E-state index contributed by atoms with van der Waals surface area (Å²) < 4.78 is 17.0. The first-order valence-corrected chi connectivity index (χ1v) is 10.3. The van der Waals surface area contributed by atoms with Crippen molar-refractivity contribution < 1.29 is 18.7 Å². The molecule has 0 fully saturated rings. The maximum absolute atomic E-state index is 12.9. The highest BCUT2D eigenvalue weighted by molar-refractivity contribution is 5.92. The van der Waals surface area contributed by atoms with Crippen LogP contribution in [-0.2, 0) is 11.2 Å². The summed E-state index contributed by atoms with van der Waals surface area (Å²) in [6.45, 7) is 3.77. The van der Waals surface area contributed by atoms with Crippen LogP contribution < -0.4 is 20.2 Å². The highest BCUT2D eigenvalue weighted by atomic mass is 16.5. The molecule has 32 heavy (non-hydrogen) atoms. The smallest absolute Gasteiger partial charge is 0.262 e. The maximum Gasteiger partial charge on any atom is 0.262 e. The number of fused-ring (bicyclic) bond motifs is 1. The maximum atomic E-state index is 12.9. The number of hydrogen-bond acceptors (Lipinski definition) is 5. The third-order valence-electron chi connectivity index (χ3n) is 5.08. The van der Waals surface area contributed by atoms with E-state index >= 15 is 0 Å². The van der Waals surface area contributed by atoms with Gasteiger partial charge in [0.25, 0.3) is 5.91 Å². The molecule has 0 unspecified atom stereocenters. The molecule has 1 aromatic heterocycles.